The summed E-state index contributed by atoms with van der Waals surface area (Å²) in [6, 6.07) is 0. The first-order valence-electron chi connectivity index (χ1n) is 2.79. The minimum Gasteiger partial charge on any atom is -0.375 e. The highest BCUT2D eigenvalue weighted by atomic mass is 16.5. The van der Waals surface area contributed by atoms with Gasteiger partial charge >= 0.3 is 0 Å². The molecule has 0 aromatic rings. The molecule has 4 nitrogen and oxygen atoms in total. The largest absolute Gasteiger partial charge is 0.375 e. The van der Waals surface area contributed by atoms with E-state index in [0.717, 1.165) is 0 Å². The van der Waals surface area contributed by atoms with Crippen LogP contribution in [0.3, 0.4) is 0 Å². The van der Waals surface area contributed by atoms with E-state index in [4.69, 9.17) is 10.3 Å². The maximum absolute atomic E-state index is 8.00. The van der Waals surface area contributed by atoms with Crippen LogP contribution in [0, 0.1) is 5.92 Å². The highest BCUT2D eigenvalue weighted by molar-refractivity contribution is 4.58. The monoisotopic (exact) mass is 129 g/mol. The number of azide groups is 1. The fraction of sp³-hybridized carbons (Fsp3) is 1.00. The van der Waals surface area contributed by atoms with Crippen molar-refractivity contribution >= 4 is 0 Å². The van der Waals surface area contributed by atoms with Crippen LogP contribution >= 0.6 is 0 Å². The van der Waals surface area contributed by atoms with Gasteiger partial charge in [-0.1, -0.05) is 19.0 Å². The van der Waals surface area contributed by atoms with Crippen LogP contribution in [-0.4, -0.2) is 13.3 Å². The lowest BCUT2D eigenvalue weighted by Gasteiger charge is -2.11. The molecule has 52 valence electrons. The second-order valence-electron chi connectivity index (χ2n) is 2.08. The second kappa shape index (κ2) is 4.18. The third kappa shape index (κ3) is 2.95. The van der Waals surface area contributed by atoms with E-state index in [1.807, 2.05) is 13.8 Å². The topological polar surface area (TPSA) is 58.0 Å². The molecule has 1 unspecified atom stereocenters. The zero-order chi connectivity index (χ0) is 7.28. The molecule has 0 amide bonds. The van der Waals surface area contributed by atoms with Gasteiger partial charge in [-0.25, -0.2) is 0 Å². The lowest BCUT2D eigenvalue weighted by atomic mass is 10.2. The van der Waals surface area contributed by atoms with E-state index in [9.17, 15) is 0 Å². The van der Waals surface area contributed by atoms with Gasteiger partial charge in [0.1, 0.15) is 6.23 Å². The number of rotatable bonds is 3. The van der Waals surface area contributed by atoms with Crippen molar-refractivity contribution in [2.24, 2.45) is 11.0 Å². The summed E-state index contributed by atoms with van der Waals surface area (Å²) in [5.41, 5.74) is 8.00. The standard InChI is InChI=1S/C5H11N3O/c1-4(2)5(9-3)7-8-6/h4-5H,1-3H3. The van der Waals surface area contributed by atoms with Gasteiger partial charge in [0.25, 0.3) is 0 Å². The Hall–Kier alpha value is -0.730. The maximum Gasteiger partial charge on any atom is 0.138 e. The SMILES string of the molecule is COC(N=[N+]=[N-])C(C)C. The predicted molar refractivity (Wildman–Crippen MR) is 34.8 cm³/mol. The van der Waals surface area contributed by atoms with Crippen molar-refractivity contribution in [2.45, 2.75) is 20.1 Å². The fourth-order valence-corrected chi connectivity index (χ4v) is 0.504. The molecule has 9 heavy (non-hydrogen) atoms. The van der Waals surface area contributed by atoms with Crippen LogP contribution in [0.4, 0.5) is 0 Å². The zero-order valence-corrected chi connectivity index (χ0v) is 5.90. The molecule has 1 atom stereocenters. The molecule has 0 N–H and O–H groups in total. The molecule has 0 spiro atoms. The lowest BCUT2D eigenvalue weighted by molar-refractivity contribution is 0.0709. The van der Waals surface area contributed by atoms with E-state index in [0.29, 0.717) is 0 Å². The molecule has 0 radical (unpaired) electrons. The van der Waals surface area contributed by atoms with E-state index in [2.05, 4.69) is 10.0 Å². The van der Waals surface area contributed by atoms with Gasteiger partial charge in [-0.15, -0.1) is 0 Å². The molecule has 0 aromatic carbocycles. The number of hydrogen-bond donors (Lipinski definition) is 0. The van der Waals surface area contributed by atoms with Crippen LogP contribution < -0.4 is 0 Å². The Bertz CT molecular complexity index is 117. The Morgan fingerprint density at radius 1 is 1.56 bits per heavy atom. The first-order valence-corrected chi connectivity index (χ1v) is 2.79. The third-order valence-electron chi connectivity index (χ3n) is 0.977. The number of hydrogen-bond acceptors (Lipinski definition) is 2. The summed E-state index contributed by atoms with van der Waals surface area (Å²) in [7, 11) is 1.53. The number of ether oxygens (including phenoxy) is 1. The van der Waals surface area contributed by atoms with Gasteiger partial charge in [-0.2, -0.15) is 0 Å². The molecule has 0 saturated heterocycles. The summed E-state index contributed by atoms with van der Waals surface area (Å²) in [6.45, 7) is 3.87. The molecule has 0 heterocycles. The van der Waals surface area contributed by atoms with E-state index in [1.165, 1.54) is 7.11 Å². The van der Waals surface area contributed by atoms with E-state index >= 15 is 0 Å². The van der Waals surface area contributed by atoms with Crippen LogP contribution in [0.1, 0.15) is 13.8 Å². The van der Waals surface area contributed by atoms with Crippen molar-refractivity contribution < 1.29 is 4.74 Å². The van der Waals surface area contributed by atoms with Gasteiger partial charge in [0.05, 0.1) is 0 Å². The maximum atomic E-state index is 8.00. The van der Waals surface area contributed by atoms with Crippen LogP contribution in [0.25, 0.3) is 10.4 Å². The Morgan fingerprint density at radius 3 is 2.22 bits per heavy atom. The lowest BCUT2D eigenvalue weighted by Crippen LogP contribution is -2.13. The summed E-state index contributed by atoms with van der Waals surface area (Å²) >= 11 is 0. The van der Waals surface area contributed by atoms with Crippen molar-refractivity contribution in [2.75, 3.05) is 7.11 Å². The minimum atomic E-state index is -0.324. The smallest absolute Gasteiger partial charge is 0.138 e. The highest BCUT2D eigenvalue weighted by Crippen LogP contribution is 2.05. The number of methoxy groups -OCH3 is 1. The fourth-order valence-electron chi connectivity index (χ4n) is 0.504. The van der Waals surface area contributed by atoms with Crippen molar-refractivity contribution in [3.63, 3.8) is 0 Å². The molecule has 0 aromatic heterocycles. The van der Waals surface area contributed by atoms with Gasteiger partial charge < -0.3 is 4.74 Å². The highest BCUT2D eigenvalue weighted by Gasteiger charge is 2.07. The minimum absolute atomic E-state index is 0.242. The quantitative estimate of drug-likeness (QED) is 0.326. The van der Waals surface area contributed by atoms with E-state index in [-0.39, 0.29) is 12.1 Å². The zero-order valence-electron chi connectivity index (χ0n) is 5.90. The summed E-state index contributed by atoms with van der Waals surface area (Å²) in [6.07, 6.45) is -0.324. The van der Waals surface area contributed by atoms with Crippen LogP contribution in [0.5, 0.6) is 0 Å². The molecule has 0 bridgehead atoms. The molecular weight excluding hydrogens is 118 g/mol. The third-order valence-corrected chi connectivity index (χ3v) is 0.977. The van der Waals surface area contributed by atoms with Crippen molar-refractivity contribution in [1.29, 1.82) is 0 Å². The Kier molecular flexibility index (Phi) is 3.84. The molecule has 0 fully saturated rings. The molecule has 0 aliphatic carbocycles. The molecule has 0 aliphatic rings. The van der Waals surface area contributed by atoms with Gasteiger partial charge in [-0.3, -0.25) is 0 Å². The second-order valence-corrected chi connectivity index (χ2v) is 2.08. The Labute approximate surface area is 54.4 Å². The van der Waals surface area contributed by atoms with Crippen LogP contribution in [-0.2, 0) is 4.74 Å². The summed E-state index contributed by atoms with van der Waals surface area (Å²) < 4.78 is 4.83. The normalized spacial score (nSPS) is 12.9. The van der Waals surface area contributed by atoms with Crippen LogP contribution in [0.15, 0.2) is 5.11 Å². The first-order chi connectivity index (χ1) is 4.22. The van der Waals surface area contributed by atoms with Crippen LogP contribution in [0.2, 0.25) is 0 Å². The average molecular weight is 129 g/mol. The predicted octanol–water partition coefficient (Wildman–Crippen LogP) is 1.93. The van der Waals surface area contributed by atoms with Gasteiger partial charge in [0.2, 0.25) is 0 Å². The van der Waals surface area contributed by atoms with Crippen molar-refractivity contribution in [1.82, 2.24) is 0 Å². The molecule has 4 heteroatoms. The molecule has 0 saturated carbocycles. The molecular formula is C5H11N3O. The van der Waals surface area contributed by atoms with Gasteiger partial charge in [-0.05, 0) is 11.4 Å². The van der Waals surface area contributed by atoms with Crippen molar-refractivity contribution in [3.8, 4) is 0 Å². The molecule has 0 aliphatic heterocycles. The van der Waals surface area contributed by atoms with Crippen molar-refractivity contribution in [3.05, 3.63) is 10.4 Å². The summed E-state index contributed by atoms with van der Waals surface area (Å²) in [4.78, 5) is 2.63. The first kappa shape index (κ1) is 8.27. The summed E-state index contributed by atoms with van der Waals surface area (Å²) in [5.74, 6) is 0.242. The summed E-state index contributed by atoms with van der Waals surface area (Å²) in [5, 5.41) is 3.40. The number of nitrogens with zero attached hydrogens (tertiary/aromatic N) is 3. The van der Waals surface area contributed by atoms with E-state index in [1.54, 1.807) is 0 Å². The Morgan fingerprint density at radius 2 is 2.11 bits per heavy atom. The van der Waals surface area contributed by atoms with E-state index < -0.39 is 0 Å². The average Bonchev–Trinajstić information content (AvgIpc) is 1.82. The Balaban J connectivity index is 3.82. The van der Waals surface area contributed by atoms with Gasteiger partial charge in [0, 0.05) is 12.0 Å². The van der Waals surface area contributed by atoms with Gasteiger partial charge in [0.15, 0.2) is 0 Å². The molecule has 0 rings (SSSR count).